The molecule has 7 heteroatoms. The van der Waals surface area contributed by atoms with Gasteiger partial charge in [-0.1, -0.05) is 0 Å². The number of hydrogen-bond acceptors (Lipinski definition) is 4. The number of halogens is 3. The normalized spacial score (nSPS) is 10.2. The van der Waals surface area contributed by atoms with E-state index in [2.05, 4.69) is 15.3 Å². The van der Waals surface area contributed by atoms with E-state index in [1.807, 2.05) is 0 Å². The summed E-state index contributed by atoms with van der Waals surface area (Å²) in [6.07, 6.45) is 1.39. The van der Waals surface area contributed by atoms with Crippen LogP contribution >= 0.6 is 12.4 Å². The lowest BCUT2D eigenvalue weighted by molar-refractivity contribution is 0.509. The molecule has 21 heavy (non-hydrogen) atoms. The van der Waals surface area contributed by atoms with Crippen LogP contribution in [0.15, 0.2) is 42.7 Å². The van der Waals surface area contributed by atoms with Crippen LogP contribution < -0.4 is 11.1 Å². The van der Waals surface area contributed by atoms with Gasteiger partial charge in [-0.3, -0.25) is 0 Å². The van der Waals surface area contributed by atoms with Crippen molar-refractivity contribution in [3.05, 3.63) is 54.4 Å². The zero-order chi connectivity index (χ0) is 14.1. The summed E-state index contributed by atoms with van der Waals surface area (Å²) in [7, 11) is 0. The van der Waals surface area contributed by atoms with Crippen LogP contribution in [0.3, 0.4) is 0 Å². The van der Waals surface area contributed by atoms with Crippen molar-refractivity contribution in [2.45, 2.75) is 0 Å². The highest BCUT2D eigenvalue weighted by Crippen LogP contribution is 2.25. The zero-order valence-electron chi connectivity index (χ0n) is 10.7. The second-order valence-electron chi connectivity index (χ2n) is 4.25. The number of nitrogens with zero attached hydrogens (tertiary/aromatic N) is 2. The van der Waals surface area contributed by atoms with Gasteiger partial charge in [0.15, 0.2) is 11.6 Å². The Kier molecular flexibility index (Phi) is 4.18. The van der Waals surface area contributed by atoms with Crippen LogP contribution in [0.1, 0.15) is 0 Å². The van der Waals surface area contributed by atoms with E-state index >= 15 is 0 Å². The summed E-state index contributed by atoms with van der Waals surface area (Å²) in [6.45, 7) is 0. The van der Waals surface area contributed by atoms with Gasteiger partial charge in [0.2, 0.25) is 0 Å². The molecule has 3 N–H and O–H groups in total. The number of hydrogen-bond donors (Lipinski definition) is 2. The molecule has 3 rings (SSSR count). The van der Waals surface area contributed by atoms with Crippen molar-refractivity contribution in [1.29, 1.82) is 0 Å². The molecule has 0 atom stereocenters. The van der Waals surface area contributed by atoms with Gasteiger partial charge in [-0.15, -0.1) is 12.4 Å². The van der Waals surface area contributed by atoms with Crippen LogP contribution in [-0.4, -0.2) is 9.97 Å². The standard InChI is InChI=1S/C14H10F2N4.ClH/c15-11-3-2-9(6-12(11)16)20-14-10-5-8(17)1-4-13(10)18-7-19-14;/h1-7H,17H2,(H,18,19,20);1H. The minimum atomic E-state index is -0.923. The molecule has 0 aliphatic carbocycles. The fourth-order valence-corrected chi connectivity index (χ4v) is 1.88. The molecule has 0 aliphatic heterocycles. The maximum absolute atomic E-state index is 13.2. The largest absolute Gasteiger partial charge is 0.399 e. The van der Waals surface area contributed by atoms with E-state index in [0.717, 1.165) is 12.1 Å². The third kappa shape index (κ3) is 3.00. The van der Waals surface area contributed by atoms with Crippen molar-refractivity contribution >= 4 is 40.5 Å². The first-order valence-electron chi connectivity index (χ1n) is 5.86. The van der Waals surface area contributed by atoms with Crippen molar-refractivity contribution in [2.24, 2.45) is 0 Å². The summed E-state index contributed by atoms with van der Waals surface area (Å²) in [5.74, 6) is -1.34. The van der Waals surface area contributed by atoms with Crippen LogP contribution in [0, 0.1) is 11.6 Å². The number of benzene rings is 2. The van der Waals surface area contributed by atoms with E-state index in [1.165, 1.54) is 12.4 Å². The fraction of sp³-hybridized carbons (Fsp3) is 0. The van der Waals surface area contributed by atoms with Crippen LogP contribution in [0.4, 0.5) is 26.0 Å². The molecule has 2 aromatic carbocycles. The van der Waals surface area contributed by atoms with E-state index in [9.17, 15) is 8.78 Å². The Labute approximate surface area is 125 Å². The maximum Gasteiger partial charge on any atom is 0.160 e. The first kappa shape index (κ1) is 14.9. The third-order valence-electron chi connectivity index (χ3n) is 2.84. The molecule has 0 radical (unpaired) electrons. The highest BCUT2D eigenvalue weighted by molar-refractivity contribution is 5.92. The summed E-state index contributed by atoms with van der Waals surface area (Å²) < 4.78 is 26.1. The highest BCUT2D eigenvalue weighted by Gasteiger charge is 2.07. The smallest absolute Gasteiger partial charge is 0.160 e. The van der Waals surface area contributed by atoms with Gasteiger partial charge in [0.1, 0.15) is 12.1 Å². The minimum Gasteiger partial charge on any atom is -0.399 e. The quantitative estimate of drug-likeness (QED) is 0.709. The molecule has 1 aromatic heterocycles. The van der Waals surface area contributed by atoms with Crippen LogP contribution in [0.5, 0.6) is 0 Å². The third-order valence-corrected chi connectivity index (χ3v) is 2.84. The zero-order valence-corrected chi connectivity index (χ0v) is 11.5. The summed E-state index contributed by atoms with van der Waals surface area (Å²) in [6, 6.07) is 8.76. The number of nitrogens with two attached hydrogens (primary N) is 1. The van der Waals surface area contributed by atoms with Gasteiger partial charge >= 0.3 is 0 Å². The van der Waals surface area contributed by atoms with E-state index in [0.29, 0.717) is 28.1 Å². The molecule has 4 nitrogen and oxygen atoms in total. The van der Waals surface area contributed by atoms with Gasteiger partial charge in [0.25, 0.3) is 0 Å². The number of aromatic nitrogens is 2. The molecule has 0 amide bonds. The minimum absolute atomic E-state index is 0. The Morgan fingerprint density at radius 2 is 1.76 bits per heavy atom. The van der Waals surface area contributed by atoms with Crippen LogP contribution in [0.2, 0.25) is 0 Å². The fourth-order valence-electron chi connectivity index (χ4n) is 1.88. The molecule has 0 saturated heterocycles. The monoisotopic (exact) mass is 308 g/mol. The lowest BCUT2D eigenvalue weighted by Gasteiger charge is -2.09. The van der Waals surface area contributed by atoms with E-state index < -0.39 is 11.6 Å². The molecule has 3 aromatic rings. The van der Waals surface area contributed by atoms with Gasteiger partial charge in [-0.2, -0.15) is 0 Å². The second kappa shape index (κ2) is 5.88. The van der Waals surface area contributed by atoms with Crippen LogP contribution in [-0.2, 0) is 0 Å². The maximum atomic E-state index is 13.2. The molecule has 0 fully saturated rings. The Morgan fingerprint density at radius 3 is 2.52 bits per heavy atom. The lowest BCUT2D eigenvalue weighted by Crippen LogP contribution is -1.98. The Hall–Kier alpha value is -2.47. The van der Waals surface area contributed by atoms with Gasteiger partial charge in [-0.05, 0) is 30.3 Å². The first-order valence-corrected chi connectivity index (χ1v) is 5.86. The van der Waals surface area contributed by atoms with Crippen molar-refractivity contribution in [1.82, 2.24) is 9.97 Å². The first-order chi connectivity index (χ1) is 9.63. The molecule has 0 saturated carbocycles. The molecule has 1 heterocycles. The van der Waals surface area contributed by atoms with Gasteiger partial charge in [-0.25, -0.2) is 18.7 Å². The predicted octanol–water partition coefficient (Wildman–Crippen LogP) is 3.66. The van der Waals surface area contributed by atoms with Crippen molar-refractivity contribution in [3.8, 4) is 0 Å². The van der Waals surface area contributed by atoms with Crippen molar-refractivity contribution in [2.75, 3.05) is 11.1 Å². The number of anilines is 3. The lowest BCUT2D eigenvalue weighted by atomic mass is 10.2. The highest BCUT2D eigenvalue weighted by atomic mass is 35.5. The van der Waals surface area contributed by atoms with E-state index in [4.69, 9.17) is 5.73 Å². The van der Waals surface area contributed by atoms with E-state index in [-0.39, 0.29) is 12.4 Å². The number of nitrogens with one attached hydrogen (secondary N) is 1. The summed E-state index contributed by atoms with van der Waals surface area (Å²) >= 11 is 0. The van der Waals surface area contributed by atoms with Gasteiger partial charge in [0, 0.05) is 22.8 Å². The Bertz CT molecular complexity index is 795. The molecule has 0 aliphatic rings. The molecule has 0 bridgehead atoms. The number of rotatable bonds is 2. The Balaban J connectivity index is 0.00000161. The average Bonchev–Trinajstić information content (AvgIpc) is 2.44. The Morgan fingerprint density at radius 1 is 0.952 bits per heavy atom. The van der Waals surface area contributed by atoms with Crippen molar-refractivity contribution < 1.29 is 8.78 Å². The molecule has 0 spiro atoms. The second-order valence-corrected chi connectivity index (χ2v) is 4.25. The van der Waals surface area contributed by atoms with E-state index in [1.54, 1.807) is 18.2 Å². The summed E-state index contributed by atoms with van der Waals surface area (Å²) in [4.78, 5) is 8.22. The molecular formula is C14H11ClF2N4. The van der Waals surface area contributed by atoms with Crippen molar-refractivity contribution in [3.63, 3.8) is 0 Å². The summed E-state index contributed by atoms with van der Waals surface area (Å²) in [5.41, 5.74) is 7.41. The number of fused-ring (bicyclic) bond motifs is 1. The van der Waals surface area contributed by atoms with Gasteiger partial charge in [0.05, 0.1) is 5.52 Å². The van der Waals surface area contributed by atoms with Crippen LogP contribution in [0.25, 0.3) is 10.9 Å². The molecule has 108 valence electrons. The SMILES string of the molecule is Cl.Nc1ccc2ncnc(Nc3ccc(F)c(F)c3)c2c1. The topological polar surface area (TPSA) is 63.8 Å². The average molecular weight is 309 g/mol. The van der Waals surface area contributed by atoms with Gasteiger partial charge < -0.3 is 11.1 Å². The summed E-state index contributed by atoms with van der Waals surface area (Å²) in [5, 5.41) is 3.63. The number of nitrogen functional groups attached to an aromatic ring is 1. The molecular weight excluding hydrogens is 298 g/mol. The predicted molar refractivity (Wildman–Crippen MR) is 80.8 cm³/mol. The molecule has 0 unspecified atom stereocenters.